The Bertz CT molecular complexity index is 783. The second kappa shape index (κ2) is 9.49. The van der Waals surface area contributed by atoms with Crippen LogP contribution >= 0.6 is 24.0 Å². The molecule has 26 heavy (non-hydrogen) atoms. The van der Waals surface area contributed by atoms with E-state index in [1.807, 2.05) is 24.3 Å². The molecule has 8 heteroatoms. The first-order chi connectivity index (χ1) is 12.3. The third-order valence-corrected chi connectivity index (χ3v) is 4.64. The number of hydrogen-bond donors (Lipinski definition) is 3. The lowest BCUT2D eigenvalue weighted by molar-refractivity contribution is -0.119. The van der Waals surface area contributed by atoms with Crippen molar-refractivity contribution in [2.45, 2.75) is 24.7 Å². The SMILES string of the molecule is CC(C)c1ccc(NC(=S)NNC(=O)CSc2cc(F)ccc2F)cc1. The fourth-order valence-electron chi connectivity index (χ4n) is 2.01. The van der Waals surface area contributed by atoms with Crippen LogP contribution in [0.15, 0.2) is 47.4 Å². The maximum atomic E-state index is 13.5. The molecule has 0 aromatic heterocycles. The van der Waals surface area contributed by atoms with Crippen LogP contribution in [-0.2, 0) is 4.79 Å². The van der Waals surface area contributed by atoms with Crippen molar-refractivity contribution in [3.05, 3.63) is 59.7 Å². The van der Waals surface area contributed by atoms with Crippen LogP contribution in [0.2, 0.25) is 0 Å². The van der Waals surface area contributed by atoms with Crippen LogP contribution < -0.4 is 16.2 Å². The van der Waals surface area contributed by atoms with E-state index in [-0.39, 0.29) is 15.8 Å². The van der Waals surface area contributed by atoms with Crippen LogP contribution in [0.25, 0.3) is 0 Å². The maximum Gasteiger partial charge on any atom is 0.248 e. The predicted octanol–water partition coefficient (Wildman–Crippen LogP) is 4.20. The summed E-state index contributed by atoms with van der Waals surface area (Å²) in [4.78, 5) is 11.9. The standard InChI is InChI=1S/C18H19F2N3OS2/c1-11(2)12-3-6-14(7-4-12)21-18(25)23-22-17(24)10-26-16-9-13(19)5-8-15(16)20/h3-9,11H,10H2,1-2H3,(H,22,24)(H2,21,23,25). The van der Waals surface area contributed by atoms with E-state index in [0.29, 0.717) is 5.92 Å². The zero-order valence-electron chi connectivity index (χ0n) is 14.3. The normalized spacial score (nSPS) is 10.5. The molecule has 0 spiro atoms. The summed E-state index contributed by atoms with van der Waals surface area (Å²) in [5.41, 5.74) is 6.98. The van der Waals surface area contributed by atoms with Gasteiger partial charge < -0.3 is 5.32 Å². The van der Waals surface area contributed by atoms with Gasteiger partial charge in [0, 0.05) is 10.6 Å². The number of benzene rings is 2. The molecule has 0 saturated carbocycles. The van der Waals surface area contributed by atoms with Crippen molar-refractivity contribution in [1.82, 2.24) is 10.9 Å². The second-order valence-electron chi connectivity index (χ2n) is 5.77. The molecular weight excluding hydrogens is 376 g/mol. The number of nitrogens with one attached hydrogen (secondary N) is 3. The van der Waals surface area contributed by atoms with E-state index < -0.39 is 17.5 Å². The van der Waals surface area contributed by atoms with Gasteiger partial charge in [0.05, 0.1) is 5.75 Å². The third-order valence-electron chi connectivity index (χ3n) is 3.40. The Hall–Kier alpha value is -2.19. The molecule has 0 unspecified atom stereocenters. The summed E-state index contributed by atoms with van der Waals surface area (Å²) in [6, 6.07) is 10.9. The quantitative estimate of drug-likeness (QED) is 0.403. The van der Waals surface area contributed by atoms with Gasteiger partial charge in [-0.05, 0) is 54.0 Å². The van der Waals surface area contributed by atoms with E-state index in [2.05, 4.69) is 30.0 Å². The average molecular weight is 396 g/mol. The van der Waals surface area contributed by atoms with E-state index >= 15 is 0 Å². The molecule has 4 nitrogen and oxygen atoms in total. The molecule has 0 atom stereocenters. The van der Waals surface area contributed by atoms with Gasteiger partial charge in [0.2, 0.25) is 5.91 Å². The highest BCUT2D eigenvalue weighted by molar-refractivity contribution is 8.00. The van der Waals surface area contributed by atoms with Crippen molar-refractivity contribution in [2.75, 3.05) is 11.1 Å². The van der Waals surface area contributed by atoms with Gasteiger partial charge in [-0.1, -0.05) is 26.0 Å². The molecule has 0 aliphatic carbocycles. The van der Waals surface area contributed by atoms with Gasteiger partial charge in [-0.3, -0.25) is 15.6 Å². The van der Waals surface area contributed by atoms with Crippen molar-refractivity contribution in [3.63, 3.8) is 0 Å². The highest BCUT2D eigenvalue weighted by Crippen LogP contribution is 2.22. The van der Waals surface area contributed by atoms with Gasteiger partial charge in [-0.15, -0.1) is 11.8 Å². The number of hydrazine groups is 1. The fourth-order valence-corrected chi connectivity index (χ4v) is 2.94. The van der Waals surface area contributed by atoms with Gasteiger partial charge in [-0.25, -0.2) is 8.78 Å². The smallest absolute Gasteiger partial charge is 0.248 e. The summed E-state index contributed by atoms with van der Waals surface area (Å²) >= 11 is 6.00. The van der Waals surface area contributed by atoms with Crippen LogP contribution in [0.4, 0.5) is 14.5 Å². The summed E-state index contributed by atoms with van der Waals surface area (Å²) in [5, 5.41) is 3.16. The summed E-state index contributed by atoms with van der Waals surface area (Å²) in [7, 11) is 0. The monoisotopic (exact) mass is 395 g/mol. The van der Waals surface area contributed by atoms with Crippen LogP contribution in [0.5, 0.6) is 0 Å². The minimum atomic E-state index is -0.570. The highest BCUT2D eigenvalue weighted by Gasteiger charge is 2.08. The molecule has 2 aromatic rings. The summed E-state index contributed by atoms with van der Waals surface area (Å²) in [6.45, 7) is 4.22. The van der Waals surface area contributed by atoms with Crippen LogP contribution in [0, 0.1) is 11.6 Å². The Morgan fingerprint density at radius 2 is 1.81 bits per heavy atom. The van der Waals surface area contributed by atoms with E-state index in [1.165, 1.54) is 5.56 Å². The minimum Gasteiger partial charge on any atom is -0.331 e. The number of thiocarbonyl (C=S) groups is 1. The highest BCUT2D eigenvalue weighted by atomic mass is 32.2. The maximum absolute atomic E-state index is 13.5. The summed E-state index contributed by atoms with van der Waals surface area (Å²) in [6.07, 6.45) is 0. The van der Waals surface area contributed by atoms with Crippen molar-refractivity contribution >= 4 is 40.7 Å². The van der Waals surface area contributed by atoms with Crippen LogP contribution in [-0.4, -0.2) is 16.8 Å². The lowest BCUT2D eigenvalue weighted by atomic mass is 10.0. The van der Waals surface area contributed by atoms with Gasteiger partial charge in [0.15, 0.2) is 5.11 Å². The molecule has 0 aliphatic heterocycles. The van der Waals surface area contributed by atoms with E-state index in [1.54, 1.807) is 0 Å². The van der Waals surface area contributed by atoms with Crippen molar-refractivity contribution in [3.8, 4) is 0 Å². The first-order valence-electron chi connectivity index (χ1n) is 7.89. The number of halogens is 2. The molecule has 1 amide bonds. The van der Waals surface area contributed by atoms with Gasteiger partial charge in [-0.2, -0.15) is 0 Å². The number of carbonyl (C=O) groups excluding carboxylic acids is 1. The molecule has 3 N–H and O–H groups in total. The number of anilines is 1. The predicted molar refractivity (Wildman–Crippen MR) is 105 cm³/mol. The lowest BCUT2D eigenvalue weighted by Crippen LogP contribution is -2.44. The number of carbonyl (C=O) groups is 1. The fraction of sp³-hybridized carbons (Fsp3) is 0.222. The zero-order chi connectivity index (χ0) is 19.1. The van der Waals surface area contributed by atoms with Crippen LogP contribution in [0.1, 0.15) is 25.3 Å². The first kappa shape index (κ1) is 20.1. The number of thioether (sulfide) groups is 1. The molecule has 2 aromatic carbocycles. The van der Waals surface area contributed by atoms with Crippen LogP contribution in [0.3, 0.4) is 0 Å². The number of amides is 1. The Morgan fingerprint density at radius 3 is 2.46 bits per heavy atom. The minimum absolute atomic E-state index is 0.0751. The van der Waals surface area contributed by atoms with Crippen molar-refractivity contribution in [1.29, 1.82) is 0 Å². The molecule has 2 rings (SSSR count). The topological polar surface area (TPSA) is 53.2 Å². The molecule has 0 bridgehead atoms. The second-order valence-corrected chi connectivity index (χ2v) is 7.19. The molecule has 0 fully saturated rings. The van der Waals surface area contributed by atoms with E-state index in [9.17, 15) is 13.6 Å². The molecule has 0 heterocycles. The van der Waals surface area contributed by atoms with Gasteiger partial charge >= 0.3 is 0 Å². The Morgan fingerprint density at radius 1 is 1.12 bits per heavy atom. The Balaban J connectivity index is 1.76. The molecular formula is C18H19F2N3OS2. The third kappa shape index (κ3) is 6.27. The summed E-state index contributed by atoms with van der Waals surface area (Å²) < 4.78 is 26.6. The molecule has 0 aliphatic rings. The lowest BCUT2D eigenvalue weighted by Gasteiger charge is -2.12. The molecule has 0 radical (unpaired) electrons. The molecule has 0 saturated heterocycles. The Kier molecular flexibility index (Phi) is 7.35. The average Bonchev–Trinajstić information content (AvgIpc) is 2.61. The first-order valence-corrected chi connectivity index (χ1v) is 9.28. The van der Waals surface area contributed by atoms with Crippen molar-refractivity contribution in [2.24, 2.45) is 0 Å². The number of rotatable bonds is 5. The largest absolute Gasteiger partial charge is 0.331 e. The number of hydrogen-bond acceptors (Lipinski definition) is 3. The van der Waals surface area contributed by atoms with Gasteiger partial charge in [0.1, 0.15) is 11.6 Å². The van der Waals surface area contributed by atoms with Gasteiger partial charge in [0.25, 0.3) is 0 Å². The van der Waals surface area contributed by atoms with Crippen molar-refractivity contribution < 1.29 is 13.6 Å². The zero-order valence-corrected chi connectivity index (χ0v) is 15.9. The van der Waals surface area contributed by atoms with E-state index in [0.717, 1.165) is 35.6 Å². The van der Waals surface area contributed by atoms with E-state index in [4.69, 9.17) is 12.2 Å². The summed E-state index contributed by atoms with van der Waals surface area (Å²) in [5.74, 6) is -1.19. The Labute approximate surface area is 160 Å². The molecule has 138 valence electrons.